The van der Waals surface area contributed by atoms with Crippen molar-refractivity contribution in [2.75, 3.05) is 5.75 Å². The Morgan fingerprint density at radius 3 is 2.76 bits per heavy atom. The van der Waals surface area contributed by atoms with Gasteiger partial charge in [-0.3, -0.25) is 4.79 Å². The van der Waals surface area contributed by atoms with E-state index in [1.165, 1.54) is 12.1 Å². The van der Waals surface area contributed by atoms with Gasteiger partial charge in [-0.05, 0) is 18.1 Å². The molecule has 2 heterocycles. The smallest absolute Gasteiger partial charge is 0.313 e. The summed E-state index contributed by atoms with van der Waals surface area (Å²) in [5.41, 5.74) is 0.506. The molecule has 0 saturated heterocycles. The lowest BCUT2D eigenvalue weighted by Crippen LogP contribution is -2.09. The van der Waals surface area contributed by atoms with E-state index in [0.29, 0.717) is 29.1 Å². The molecular formula is C13H15FN4O2S. The van der Waals surface area contributed by atoms with Crippen molar-refractivity contribution in [1.29, 1.82) is 0 Å². The van der Waals surface area contributed by atoms with Crippen LogP contribution in [0.4, 0.5) is 4.39 Å². The number of hydrogen-bond acceptors (Lipinski definition) is 5. The van der Waals surface area contributed by atoms with Crippen molar-refractivity contribution in [3.63, 3.8) is 0 Å². The monoisotopic (exact) mass is 310 g/mol. The number of carbonyl (C=O) groups is 1. The largest absolute Gasteiger partial charge is 0.481 e. The Balaban J connectivity index is 2.35. The van der Waals surface area contributed by atoms with Gasteiger partial charge in [0.1, 0.15) is 11.5 Å². The van der Waals surface area contributed by atoms with E-state index in [9.17, 15) is 9.18 Å². The van der Waals surface area contributed by atoms with Gasteiger partial charge < -0.3 is 9.67 Å². The van der Waals surface area contributed by atoms with Crippen molar-refractivity contribution >= 4 is 17.7 Å². The Kier molecular flexibility index (Phi) is 4.89. The molecule has 2 aromatic rings. The van der Waals surface area contributed by atoms with Crippen LogP contribution in [0.3, 0.4) is 0 Å². The summed E-state index contributed by atoms with van der Waals surface area (Å²) in [6.45, 7) is 4.70. The van der Waals surface area contributed by atoms with Gasteiger partial charge in [0.05, 0.1) is 11.9 Å². The van der Waals surface area contributed by atoms with Gasteiger partial charge in [0.15, 0.2) is 11.0 Å². The molecule has 0 saturated carbocycles. The third-order valence-electron chi connectivity index (χ3n) is 2.55. The molecule has 0 amide bonds. The number of hydrogen-bond donors (Lipinski definition) is 1. The van der Waals surface area contributed by atoms with Crippen LogP contribution in [0.5, 0.6) is 0 Å². The van der Waals surface area contributed by atoms with Crippen LogP contribution in [-0.4, -0.2) is 36.6 Å². The Labute approximate surface area is 125 Å². The lowest BCUT2D eigenvalue weighted by Gasteiger charge is -2.11. The standard InChI is InChI=1S/C13H15FN4O2S/c1-8(2)6-18-12(10-4-3-9(14)5-15-10)16-17-13(18)21-7-11(19)20/h3-5,8H,6-7H2,1-2H3,(H,19,20). The van der Waals surface area contributed by atoms with Gasteiger partial charge in [-0.1, -0.05) is 25.6 Å². The van der Waals surface area contributed by atoms with E-state index < -0.39 is 11.8 Å². The van der Waals surface area contributed by atoms with Crippen LogP contribution in [0.25, 0.3) is 11.5 Å². The fourth-order valence-electron chi connectivity index (χ4n) is 1.75. The average Bonchev–Trinajstić information content (AvgIpc) is 2.79. The van der Waals surface area contributed by atoms with Crippen LogP contribution in [0.2, 0.25) is 0 Å². The van der Waals surface area contributed by atoms with E-state index in [1.807, 2.05) is 18.4 Å². The maximum absolute atomic E-state index is 13.0. The number of carboxylic acid groups (broad SMARTS) is 1. The molecule has 0 aliphatic heterocycles. The van der Waals surface area contributed by atoms with E-state index >= 15 is 0 Å². The maximum atomic E-state index is 13.0. The molecule has 2 rings (SSSR count). The minimum Gasteiger partial charge on any atom is -0.481 e. The molecule has 0 atom stereocenters. The maximum Gasteiger partial charge on any atom is 0.313 e. The number of carboxylic acids is 1. The lowest BCUT2D eigenvalue weighted by atomic mass is 10.2. The first-order valence-corrected chi connectivity index (χ1v) is 7.35. The second kappa shape index (κ2) is 6.66. The van der Waals surface area contributed by atoms with Gasteiger partial charge in [-0.25, -0.2) is 9.37 Å². The molecular weight excluding hydrogens is 295 g/mol. The van der Waals surface area contributed by atoms with Crippen LogP contribution in [0.15, 0.2) is 23.5 Å². The lowest BCUT2D eigenvalue weighted by molar-refractivity contribution is -0.133. The topological polar surface area (TPSA) is 80.9 Å². The first kappa shape index (κ1) is 15.4. The average molecular weight is 310 g/mol. The van der Waals surface area contributed by atoms with Crippen LogP contribution in [-0.2, 0) is 11.3 Å². The summed E-state index contributed by atoms with van der Waals surface area (Å²) in [7, 11) is 0. The highest BCUT2D eigenvalue weighted by Gasteiger charge is 2.17. The van der Waals surface area contributed by atoms with E-state index in [1.54, 1.807) is 0 Å². The van der Waals surface area contributed by atoms with Crippen molar-refractivity contribution < 1.29 is 14.3 Å². The van der Waals surface area contributed by atoms with Crippen molar-refractivity contribution in [3.05, 3.63) is 24.1 Å². The highest BCUT2D eigenvalue weighted by atomic mass is 32.2. The summed E-state index contributed by atoms with van der Waals surface area (Å²) >= 11 is 1.10. The minimum atomic E-state index is -0.916. The van der Waals surface area contributed by atoms with E-state index in [2.05, 4.69) is 15.2 Å². The van der Waals surface area contributed by atoms with E-state index in [-0.39, 0.29) is 5.75 Å². The highest BCUT2D eigenvalue weighted by molar-refractivity contribution is 7.99. The molecule has 8 heteroatoms. The molecule has 2 aromatic heterocycles. The quantitative estimate of drug-likeness (QED) is 0.825. The molecule has 0 fully saturated rings. The van der Waals surface area contributed by atoms with Gasteiger partial charge in [0.25, 0.3) is 0 Å². The Morgan fingerprint density at radius 2 is 2.19 bits per heavy atom. The second-order valence-corrected chi connectivity index (χ2v) is 5.80. The molecule has 6 nitrogen and oxygen atoms in total. The number of halogens is 1. The van der Waals surface area contributed by atoms with Gasteiger partial charge in [-0.15, -0.1) is 10.2 Å². The number of aliphatic carboxylic acids is 1. The van der Waals surface area contributed by atoms with Crippen molar-refractivity contribution in [1.82, 2.24) is 19.7 Å². The molecule has 112 valence electrons. The SMILES string of the molecule is CC(C)Cn1c(SCC(=O)O)nnc1-c1ccc(F)cn1. The van der Waals surface area contributed by atoms with Crippen molar-refractivity contribution in [2.45, 2.75) is 25.5 Å². The van der Waals surface area contributed by atoms with E-state index in [4.69, 9.17) is 5.11 Å². The number of nitrogens with zero attached hydrogens (tertiary/aromatic N) is 4. The predicted octanol–water partition coefficient (Wildman–Crippen LogP) is 2.31. The highest BCUT2D eigenvalue weighted by Crippen LogP contribution is 2.24. The Bertz CT molecular complexity index is 628. The van der Waals surface area contributed by atoms with Gasteiger partial charge in [0.2, 0.25) is 0 Å². The molecule has 0 unspecified atom stereocenters. The molecule has 1 N–H and O–H groups in total. The van der Waals surface area contributed by atoms with Gasteiger partial charge >= 0.3 is 5.97 Å². The van der Waals surface area contributed by atoms with E-state index in [0.717, 1.165) is 18.0 Å². The number of aromatic nitrogens is 4. The molecule has 0 aliphatic carbocycles. The predicted molar refractivity (Wildman–Crippen MR) is 76.4 cm³/mol. The Hall–Kier alpha value is -1.96. The van der Waals surface area contributed by atoms with Crippen LogP contribution >= 0.6 is 11.8 Å². The Morgan fingerprint density at radius 1 is 1.43 bits per heavy atom. The number of thioether (sulfide) groups is 1. The summed E-state index contributed by atoms with van der Waals surface area (Å²) in [5.74, 6) is -0.594. The number of pyridine rings is 1. The van der Waals surface area contributed by atoms with Crippen LogP contribution in [0.1, 0.15) is 13.8 Å². The minimum absolute atomic E-state index is 0.0902. The molecule has 0 radical (unpaired) electrons. The number of rotatable bonds is 6. The third kappa shape index (κ3) is 4.01. The van der Waals surface area contributed by atoms with Crippen molar-refractivity contribution in [3.8, 4) is 11.5 Å². The molecule has 0 spiro atoms. The fraction of sp³-hybridized carbons (Fsp3) is 0.385. The summed E-state index contributed by atoms with van der Waals surface area (Å²) in [5, 5.41) is 17.4. The van der Waals surface area contributed by atoms with Gasteiger partial charge in [0, 0.05) is 6.54 Å². The molecule has 0 aliphatic rings. The van der Waals surface area contributed by atoms with Crippen LogP contribution < -0.4 is 0 Å². The molecule has 21 heavy (non-hydrogen) atoms. The molecule has 0 bridgehead atoms. The van der Waals surface area contributed by atoms with Gasteiger partial charge in [-0.2, -0.15) is 0 Å². The summed E-state index contributed by atoms with van der Waals surface area (Å²) in [6, 6.07) is 2.84. The summed E-state index contributed by atoms with van der Waals surface area (Å²) < 4.78 is 14.8. The first-order valence-electron chi connectivity index (χ1n) is 6.37. The molecule has 0 aromatic carbocycles. The summed E-state index contributed by atoms with van der Waals surface area (Å²) in [6.07, 6.45) is 1.12. The zero-order valence-corrected chi connectivity index (χ0v) is 12.5. The first-order chi connectivity index (χ1) is 9.97. The zero-order valence-electron chi connectivity index (χ0n) is 11.7. The summed E-state index contributed by atoms with van der Waals surface area (Å²) in [4.78, 5) is 14.7. The normalized spacial score (nSPS) is 11.0. The third-order valence-corrected chi connectivity index (χ3v) is 3.50. The van der Waals surface area contributed by atoms with Crippen molar-refractivity contribution in [2.24, 2.45) is 5.92 Å². The zero-order chi connectivity index (χ0) is 15.4. The van der Waals surface area contributed by atoms with Crippen LogP contribution in [0, 0.1) is 11.7 Å². The second-order valence-electron chi connectivity index (χ2n) is 4.85. The fourth-order valence-corrected chi connectivity index (χ4v) is 2.42.